The normalized spacial score (nSPS) is 10.9. The molecule has 0 aliphatic rings. The highest BCUT2D eigenvalue weighted by atomic mass is 16.5. The third-order valence-corrected chi connectivity index (χ3v) is 4.77. The molecule has 28 heavy (non-hydrogen) atoms. The number of hydrogen-bond acceptors (Lipinski definition) is 5. The molecule has 0 N–H and O–H groups in total. The second kappa shape index (κ2) is 7.19. The standard InChI is InChI=1S/C23H18O5/c1-26-16-8-10-21(27-2)19(13-16)20(24)12-15-11-18-17-6-4-3-5-14(17)7-9-22(18)28-23(15)25/h3-11,13H,12H2,1-2H3. The van der Waals surface area contributed by atoms with Crippen LogP contribution in [0.2, 0.25) is 0 Å². The van der Waals surface area contributed by atoms with Gasteiger partial charge in [0.1, 0.15) is 17.1 Å². The number of carbonyl (C=O) groups excluding carboxylic acids is 1. The zero-order valence-electron chi connectivity index (χ0n) is 15.5. The quantitative estimate of drug-likeness (QED) is 0.294. The van der Waals surface area contributed by atoms with Crippen LogP contribution in [0.3, 0.4) is 0 Å². The second-order valence-corrected chi connectivity index (χ2v) is 6.42. The van der Waals surface area contributed by atoms with Gasteiger partial charge in [0, 0.05) is 17.4 Å². The Labute approximate surface area is 161 Å². The smallest absolute Gasteiger partial charge is 0.339 e. The molecular weight excluding hydrogens is 356 g/mol. The fourth-order valence-electron chi connectivity index (χ4n) is 3.34. The Morgan fingerprint density at radius 1 is 0.929 bits per heavy atom. The van der Waals surface area contributed by atoms with Crippen molar-refractivity contribution in [2.75, 3.05) is 14.2 Å². The number of ketones is 1. The number of rotatable bonds is 5. The average Bonchev–Trinajstić information content (AvgIpc) is 2.73. The number of carbonyl (C=O) groups is 1. The molecule has 0 unspecified atom stereocenters. The van der Waals surface area contributed by atoms with Gasteiger partial charge in [0.25, 0.3) is 0 Å². The molecule has 0 saturated carbocycles. The predicted octanol–water partition coefficient (Wildman–Crippen LogP) is 4.39. The van der Waals surface area contributed by atoms with Crippen LogP contribution >= 0.6 is 0 Å². The van der Waals surface area contributed by atoms with Gasteiger partial charge in [-0.05, 0) is 41.1 Å². The Hall–Kier alpha value is -3.60. The van der Waals surface area contributed by atoms with Crippen LogP contribution in [-0.2, 0) is 6.42 Å². The van der Waals surface area contributed by atoms with E-state index in [0.29, 0.717) is 28.2 Å². The highest BCUT2D eigenvalue weighted by Crippen LogP contribution is 2.27. The molecular formula is C23H18O5. The van der Waals surface area contributed by atoms with E-state index in [1.165, 1.54) is 14.2 Å². The first kappa shape index (κ1) is 17.8. The maximum atomic E-state index is 12.9. The van der Waals surface area contributed by atoms with E-state index in [-0.39, 0.29) is 12.2 Å². The van der Waals surface area contributed by atoms with E-state index < -0.39 is 5.63 Å². The molecule has 1 heterocycles. The van der Waals surface area contributed by atoms with E-state index in [2.05, 4.69) is 0 Å². The Bertz CT molecular complexity index is 1250. The summed E-state index contributed by atoms with van der Waals surface area (Å²) in [5.74, 6) is 0.727. The van der Waals surface area contributed by atoms with Crippen molar-refractivity contribution in [3.8, 4) is 11.5 Å². The number of benzene rings is 3. The molecule has 0 fully saturated rings. The summed E-state index contributed by atoms with van der Waals surface area (Å²) in [4.78, 5) is 25.3. The van der Waals surface area contributed by atoms with E-state index in [1.807, 2.05) is 30.3 Å². The summed E-state index contributed by atoms with van der Waals surface area (Å²) in [5.41, 5.74) is 0.648. The van der Waals surface area contributed by atoms with Crippen LogP contribution < -0.4 is 15.1 Å². The van der Waals surface area contributed by atoms with Crippen molar-refractivity contribution in [2.45, 2.75) is 6.42 Å². The van der Waals surface area contributed by atoms with Crippen molar-refractivity contribution in [1.29, 1.82) is 0 Å². The van der Waals surface area contributed by atoms with E-state index in [0.717, 1.165) is 16.2 Å². The third kappa shape index (κ3) is 3.11. The molecule has 0 spiro atoms. The average molecular weight is 374 g/mol. The summed E-state index contributed by atoms with van der Waals surface area (Å²) in [6.45, 7) is 0. The van der Waals surface area contributed by atoms with Gasteiger partial charge in [-0.25, -0.2) is 4.79 Å². The molecule has 4 aromatic rings. The molecule has 0 amide bonds. The van der Waals surface area contributed by atoms with Gasteiger partial charge < -0.3 is 13.9 Å². The second-order valence-electron chi connectivity index (χ2n) is 6.42. The van der Waals surface area contributed by atoms with E-state index in [4.69, 9.17) is 13.9 Å². The highest BCUT2D eigenvalue weighted by Gasteiger charge is 2.17. The fourth-order valence-corrected chi connectivity index (χ4v) is 3.34. The summed E-state index contributed by atoms with van der Waals surface area (Å²) in [5, 5.41) is 2.81. The summed E-state index contributed by atoms with van der Waals surface area (Å²) in [7, 11) is 3.02. The number of hydrogen-bond donors (Lipinski definition) is 0. The van der Waals surface area contributed by atoms with Crippen LogP contribution in [0.25, 0.3) is 21.7 Å². The fraction of sp³-hybridized carbons (Fsp3) is 0.130. The molecule has 0 saturated heterocycles. The molecule has 0 bridgehead atoms. The Morgan fingerprint density at radius 2 is 1.75 bits per heavy atom. The Balaban J connectivity index is 1.79. The minimum Gasteiger partial charge on any atom is -0.497 e. The monoisotopic (exact) mass is 374 g/mol. The lowest BCUT2D eigenvalue weighted by Gasteiger charge is -2.10. The highest BCUT2D eigenvalue weighted by molar-refractivity contribution is 6.06. The predicted molar refractivity (Wildman–Crippen MR) is 108 cm³/mol. The van der Waals surface area contributed by atoms with Crippen LogP contribution in [-0.4, -0.2) is 20.0 Å². The number of Topliss-reactive ketones (excluding diaryl/α,β-unsaturated/α-hetero) is 1. The first-order valence-corrected chi connectivity index (χ1v) is 8.80. The van der Waals surface area contributed by atoms with Crippen LogP contribution in [0.1, 0.15) is 15.9 Å². The molecule has 0 aliphatic heterocycles. The van der Waals surface area contributed by atoms with Crippen molar-refractivity contribution in [1.82, 2.24) is 0 Å². The maximum Gasteiger partial charge on any atom is 0.339 e. The molecule has 3 aromatic carbocycles. The summed E-state index contributed by atoms with van der Waals surface area (Å²) < 4.78 is 16.0. The van der Waals surface area contributed by atoms with Gasteiger partial charge in [-0.3, -0.25) is 4.79 Å². The van der Waals surface area contributed by atoms with Crippen molar-refractivity contribution >= 4 is 27.5 Å². The largest absolute Gasteiger partial charge is 0.497 e. The summed E-state index contributed by atoms with van der Waals surface area (Å²) >= 11 is 0. The molecule has 5 heteroatoms. The lowest BCUT2D eigenvalue weighted by molar-refractivity contribution is 0.0988. The Kier molecular flexibility index (Phi) is 4.57. The third-order valence-electron chi connectivity index (χ3n) is 4.77. The molecule has 5 nitrogen and oxygen atoms in total. The summed E-state index contributed by atoms with van der Waals surface area (Å²) in [6, 6.07) is 18.3. The maximum absolute atomic E-state index is 12.9. The number of fused-ring (bicyclic) bond motifs is 3. The van der Waals surface area contributed by atoms with Gasteiger partial charge in [-0.2, -0.15) is 0 Å². The van der Waals surface area contributed by atoms with Crippen molar-refractivity contribution in [3.05, 3.63) is 82.2 Å². The Morgan fingerprint density at radius 3 is 2.54 bits per heavy atom. The van der Waals surface area contributed by atoms with Gasteiger partial charge in [-0.15, -0.1) is 0 Å². The zero-order valence-corrected chi connectivity index (χ0v) is 15.5. The van der Waals surface area contributed by atoms with E-state index in [1.54, 1.807) is 30.3 Å². The minimum atomic E-state index is -0.516. The first-order chi connectivity index (χ1) is 13.6. The summed E-state index contributed by atoms with van der Waals surface area (Å²) in [6.07, 6.45) is -0.0922. The molecule has 1 aromatic heterocycles. The van der Waals surface area contributed by atoms with Crippen molar-refractivity contribution in [2.24, 2.45) is 0 Å². The molecule has 140 valence electrons. The first-order valence-electron chi connectivity index (χ1n) is 8.80. The topological polar surface area (TPSA) is 65.7 Å². The van der Waals surface area contributed by atoms with Crippen LogP contribution in [0.5, 0.6) is 11.5 Å². The van der Waals surface area contributed by atoms with Crippen LogP contribution in [0.4, 0.5) is 0 Å². The van der Waals surface area contributed by atoms with Gasteiger partial charge >= 0.3 is 5.63 Å². The zero-order chi connectivity index (χ0) is 19.7. The van der Waals surface area contributed by atoms with Crippen molar-refractivity contribution in [3.63, 3.8) is 0 Å². The van der Waals surface area contributed by atoms with Gasteiger partial charge in [0.05, 0.1) is 19.8 Å². The minimum absolute atomic E-state index is 0.0922. The van der Waals surface area contributed by atoms with Gasteiger partial charge in [0.2, 0.25) is 0 Å². The number of ether oxygens (including phenoxy) is 2. The SMILES string of the molecule is COc1ccc(OC)c(C(=O)Cc2cc3c(ccc4ccccc43)oc2=O)c1. The molecule has 0 radical (unpaired) electrons. The lowest BCUT2D eigenvalue weighted by Crippen LogP contribution is -2.14. The van der Waals surface area contributed by atoms with Crippen molar-refractivity contribution < 1.29 is 18.7 Å². The van der Waals surface area contributed by atoms with Crippen LogP contribution in [0, 0.1) is 0 Å². The lowest BCUT2D eigenvalue weighted by atomic mass is 10.00. The van der Waals surface area contributed by atoms with E-state index in [9.17, 15) is 9.59 Å². The molecule has 4 rings (SSSR count). The molecule has 0 atom stereocenters. The van der Waals surface area contributed by atoms with Gasteiger partial charge in [-0.1, -0.05) is 30.3 Å². The van der Waals surface area contributed by atoms with Crippen LogP contribution in [0.15, 0.2) is 69.9 Å². The molecule has 0 aliphatic carbocycles. The van der Waals surface area contributed by atoms with Gasteiger partial charge in [0.15, 0.2) is 5.78 Å². The number of methoxy groups -OCH3 is 2. The van der Waals surface area contributed by atoms with E-state index >= 15 is 0 Å².